The van der Waals surface area contributed by atoms with E-state index in [1.807, 2.05) is 6.07 Å². The maximum absolute atomic E-state index is 12.2. The van der Waals surface area contributed by atoms with Crippen LogP contribution in [0.15, 0.2) is 53.1 Å². The number of nitrogens with one attached hydrogen (secondary N) is 1. The molecular formula is C22H23NO2. The average Bonchev–Trinajstić information content (AvgIpc) is 3.24. The molecule has 0 saturated carbocycles. The van der Waals surface area contributed by atoms with Crippen LogP contribution in [0.4, 0.5) is 0 Å². The van der Waals surface area contributed by atoms with Gasteiger partial charge in [-0.3, -0.25) is 4.79 Å². The van der Waals surface area contributed by atoms with Crippen LogP contribution in [0.3, 0.4) is 0 Å². The third kappa shape index (κ3) is 3.60. The molecular weight excluding hydrogens is 310 g/mol. The summed E-state index contributed by atoms with van der Waals surface area (Å²) in [5.74, 6) is 0.0660. The Bertz CT molecular complexity index is 880. The highest BCUT2D eigenvalue weighted by atomic mass is 16.3. The molecule has 0 bridgehead atoms. The van der Waals surface area contributed by atoms with Crippen LogP contribution in [-0.4, -0.2) is 12.5 Å². The van der Waals surface area contributed by atoms with Crippen LogP contribution in [-0.2, 0) is 30.5 Å². The van der Waals surface area contributed by atoms with Gasteiger partial charge in [-0.25, -0.2) is 0 Å². The Balaban J connectivity index is 1.32. The number of carbonyl (C=O) groups excluding carboxylic acids is 1. The topological polar surface area (TPSA) is 42.2 Å². The van der Waals surface area contributed by atoms with Gasteiger partial charge in [0.25, 0.3) is 0 Å². The SMILES string of the molecule is O=C(Cc1coc2cc3c(cc12)CCC3)NCCCc1ccccc1. The van der Waals surface area contributed by atoms with Crippen molar-refractivity contribution in [3.05, 3.63) is 71.0 Å². The van der Waals surface area contributed by atoms with Gasteiger partial charge in [-0.1, -0.05) is 30.3 Å². The summed E-state index contributed by atoms with van der Waals surface area (Å²) in [6, 6.07) is 14.7. The molecule has 1 amide bonds. The third-order valence-electron chi connectivity index (χ3n) is 5.03. The molecule has 0 unspecified atom stereocenters. The quantitative estimate of drug-likeness (QED) is 0.687. The molecule has 1 aliphatic rings. The van der Waals surface area contributed by atoms with Crippen LogP contribution in [0.5, 0.6) is 0 Å². The van der Waals surface area contributed by atoms with Crippen molar-refractivity contribution in [2.45, 2.75) is 38.5 Å². The van der Waals surface area contributed by atoms with Gasteiger partial charge in [-0.05, 0) is 60.9 Å². The van der Waals surface area contributed by atoms with Gasteiger partial charge in [0.15, 0.2) is 0 Å². The van der Waals surface area contributed by atoms with Gasteiger partial charge < -0.3 is 9.73 Å². The first-order chi connectivity index (χ1) is 12.3. The van der Waals surface area contributed by atoms with E-state index in [1.54, 1.807) is 6.26 Å². The van der Waals surface area contributed by atoms with E-state index >= 15 is 0 Å². The minimum absolute atomic E-state index is 0.0660. The van der Waals surface area contributed by atoms with Crippen LogP contribution < -0.4 is 5.32 Å². The zero-order chi connectivity index (χ0) is 17.1. The summed E-state index contributed by atoms with van der Waals surface area (Å²) in [7, 11) is 0. The Hall–Kier alpha value is -2.55. The number of hydrogen-bond acceptors (Lipinski definition) is 2. The summed E-state index contributed by atoms with van der Waals surface area (Å²) in [6.07, 6.45) is 7.57. The molecule has 128 valence electrons. The second kappa shape index (κ2) is 7.14. The highest BCUT2D eigenvalue weighted by Gasteiger charge is 2.16. The van der Waals surface area contributed by atoms with Gasteiger partial charge in [0.2, 0.25) is 5.91 Å². The molecule has 25 heavy (non-hydrogen) atoms. The fourth-order valence-corrected chi connectivity index (χ4v) is 3.69. The second-order valence-corrected chi connectivity index (χ2v) is 6.85. The predicted molar refractivity (Wildman–Crippen MR) is 99.7 cm³/mol. The van der Waals surface area contributed by atoms with E-state index in [0.717, 1.165) is 42.2 Å². The van der Waals surface area contributed by atoms with E-state index in [9.17, 15) is 4.79 Å². The number of benzene rings is 2. The number of hydrogen-bond donors (Lipinski definition) is 1. The summed E-state index contributed by atoms with van der Waals surface area (Å²) in [6.45, 7) is 0.707. The van der Waals surface area contributed by atoms with E-state index in [1.165, 1.54) is 23.1 Å². The fraction of sp³-hybridized carbons (Fsp3) is 0.318. The Labute approximate surface area is 148 Å². The van der Waals surface area contributed by atoms with Gasteiger partial charge in [0, 0.05) is 17.5 Å². The molecule has 2 aromatic carbocycles. The molecule has 3 heteroatoms. The first-order valence-electron chi connectivity index (χ1n) is 9.12. The molecule has 0 aliphatic heterocycles. The summed E-state index contributed by atoms with van der Waals surface area (Å²) >= 11 is 0. The lowest BCUT2D eigenvalue weighted by molar-refractivity contribution is -0.120. The normalized spacial score (nSPS) is 13.1. The van der Waals surface area contributed by atoms with Gasteiger partial charge >= 0.3 is 0 Å². The first kappa shape index (κ1) is 15.9. The van der Waals surface area contributed by atoms with Gasteiger partial charge in [0.05, 0.1) is 12.7 Å². The minimum Gasteiger partial charge on any atom is -0.464 e. The van der Waals surface area contributed by atoms with Crippen LogP contribution in [0.2, 0.25) is 0 Å². The molecule has 4 rings (SSSR count). The Morgan fingerprint density at radius 1 is 1.08 bits per heavy atom. The average molecular weight is 333 g/mol. The molecule has 0 atom stereocenters. The number of rotatable bonds is 6. The lowest BCUT2D eigenvalue weighted by atomic mass is 10.0. The van der Waals surface area contributed by atoms with Crippen LogP contribution in [0.1, 0.15) is 35.1 Å². The van der Waals surface area contributed by atoms with E-state index in [-0.39, 0.29) is 5.91 Å². The molecule has 0 spiro atoms. The lowest BCUT2D eigenvalue weighted by Crippen LogP contribution is -2.26. The van der Waals surface area contributed by atoms with Crippen molar-refractivity contribution in [2.24, 2.45) is 0 Å². The summed E-state index contributed by atoms with van der Waals surface area (Å²) < 4.78 is 5.68. The van der Waals surface area contributed by atoms with E-state index in [4.69, 9.17) is 4.42 Å². The molecule has 1 aromatic heterocycles. The summed E-state index contributed by atoms with van der Waals surface area (Å²) in [5.41, 5.74) is 6.03. The Kier molecular flexibility index (Phi) is 4.55. The smallest absolute Gasteiger partial charge is 0.224 e. The molecule has 3 aromatic rings. The number of aryl methyl sites for hydroxylation is 3. The van der Waals surface area contributed by atoms with Crippen molar-refractivity contribution in [3.8, 4) is 0 Å². The maximum Gasteiger partial charge on any atom is 0.224 e. The molecule has 0 fully saturated rings. The standard InChI is InChI=1S/C22H23NO2/c24-22(23-11-5-8-16-6-2-1-3-7-16)14-19-15-25-21-13-18-10-4-9-17(18)12-20(19)21/h1-3,6-7,12-13,15H,4-5,8-11,14H2,(H,23,24). The molecule has 0 radical (unpaired) electrons. The van der Waals surface area contributed by atoms with E-state index in [0.29, 0.717) is 13.0 Å². The zero-order valence-corrected chi connectivity index (χ0v) is 14.4. The van der Waals surface area contributed by atoms with Crippen molar-refractivity contribution in [2.75, 3.05) is 6.54 Å². The van der Waals surface area contributed by atoms with Crippen molar-refractivity contribution in [3.63, 3.8) is 0 Å². The van der Waals surface area contributed by atoms with Crippen LogP contribution in [0.25, 0.3) is 11.0 Å². The van der Waals surface area contributed by atoms with Crippen molar-refractivity contribution >= 4 is 16.9 Å². The maximum atomic E-state index is 12.2. The monoisotopic (exact) mass is 333 g/mol. The van der Waals surface area contributed by atoms with Crippen molar-refractivity contribution in [1.82, 2.24) is 5.32 Å². The predicted octanol–water partition coefficient (Wildman–Crippen LogP) is 4.21. The summed E-state index contributed by atoms with van der Waals surface area (Å²) in [4.78, 5) is 12.2. The molecule has 1 N–H and O–H groups in total. The van der Waals surface area contributed by atoms with Gasteiger partial charge in [0.1, 0.15) is 5.58 Å². The largest absolute Gasteiger partial charge is 0.464 e. The van der Waals surface area contributed by atoms with Crippen molar-refractivity contribution < 1.29 is 9.21 Å². The first-order valence-corrected chi connectivity index (χ1v) is 9.12. The Morgan fingerprint density at radius 2 is 1.88 bits per heavy atom. The number of fused-ring (bicyclic) bond motifs is 2. The molecule has 1 heterocycles. The van der Waals surface area contributed by atoms with E-state index < -0.39 is 0 Å². The second-order valence-electron chi connectivity index (χ2n) is 6.85. The van der Waals surface area contributed by atoms with Gasteiger partial charge in [-0.15, -0.1) is 0 Å². The number of amides is 1. The van der Waals surface area contributed by atoms with Crippen LogP contribution >= 0.6 is 0 Å². The molecule has 0 saturated heterocycles. The number of furan rings is 1. The van der Waals surface area contributed by atoms with Gasteiger partial charge in [-0.2, -0.15) is 0 Å². The zero-order valence-electron chi connectivity index (χ0n) is 14.4. The number of carbonyl (C=O) groups is 1. The lowest BCUT2D eigenvalue weighted by Gasteiger charge is -2.05. The van der Waals surface area contributed by atoms with Crippen molar-refractivity contribution in [1.29, 1.82) is 0 Å². The van der Waals surface area contributed by atoms with Crippen LogP contribution in [0, 0.1) is 0 Å². The Morgan fingerprint density at radius 3 is 2.72 bits per heavy atom. The molecule has 3 nitrogen and oxygen atoms in total. The highest BCUT2D eigenvalue weighted by molar-refractivity contribution is 5.88. The highest BCUT2D eigenvalue weighted by Crippen LogP contribution is 2.30. The molecule has 1 aliphatic carbocycles. The summed E-state index contributed by atoms with van der Waals surface area (Å²) in [5, 5.41) is 4.12. The third-order valence-corrected chi connectivity index (χ3v) is 5.03. The van der Waals surface area contributed by atoms with E-state index in [2.05, 4.69) is 41.7 Å². The minimum atomic E-state index is 0.0660. The fourth-order valence-electron chi connectivity index (χ4n) is 3.69.